The molecule has 0 saturated carbocycles. The molecule has 0 aromatic carbocycles. The fraction of sp³-hybridized carbons (Fsp3) is 1.00. The van der Waals surface area contributed by atoms with Crippen LogP contribution in [0.15, 0.2) is 0 Å². The van der Waals surface area contributed by atoms with Crippen molar-refractivity contribution < 1.29 is 8.42 Å². The number of hydrogen-bond donors (Lipinski definition) is 1. The average molecular weight is 291 g/mol. The Bertz CT molecular complexity index is 370. The van der Waals surface area contributed by atoms with E-state index in [1.165, 1.54) is 4.31 Å². The molecule has 19 heavy (non-hydrogen) atoms. The molecule has 1 saturated heterocycles. The van der Waals surface area contributed by atoms with Gasteiger partial charge in [0.05, 0.1) is 0 Å². The van der Waals surface area contributed by atoms with E-state index in [2.05, 4.69) is 26.1 Å². The summed E-state index contributed by atoms with van der Waals surface area (Å²) in [7, 11) is -1.60. The molecule has 1 aliphatic heterocycles. The summed E-state index contributed by atoms with van der Waals surface area (Å²) in [4.78, 5) is 0. The van der Waals surface area contributed by atoms with Gasteiger partial charge in [0.1, 0.15) is 0 Å². The van der Waals surface area contributed by atoms with Gasteiger partial charge in [-0.3, -0.25) is 0 Å². The van der Waals surface area contributed by atoms with Gasteiger partial charge in [0.25, 0.3) is 10.2 Å². The Morgan fingerprint density at radius 3 is 2.47 bits per heavy atom. The van der Waals surface area contributed by atoms with E-state index in [4.69, 9.17) is 0 Å². The van der Waals surface area contributed by atoms with Crippen molar-refractivity contribution in [2.24, 2.45) is 5.92 Å². The fourth-order valence-electron chi connectivity index (χ4n) is 2.57. The highest BCUT2D eigenvalue weighted by atomic mass is 32.2. The standard InChI is InChI=1S/C13H29N3O2S/c1-11(2)14-7-6-8-15(5)19(17,18)16-10-12(3)9-13(16)4/h11-14H,6-10H2,1-5H3. The van der Waals surface area contributed by atoms with Crippen LogP contribution in [0.5, 0.6) is 0 Å². The van der Waals surface area contributed by atoms with Crippen molar-refractivity contribution in [1.82, 2.24) is 13.9 Å². The summed E-state index contributed by atoms with van der Waals surface area (Å²) in [6, 6.07) is 0.567. The summed E-state index contributed by atoms with van der Waals surface area (Å²) < 4.78 is 28.0. The predicted molar refractivity (Wildman–Crippen MR) is 79.3 cm³/mol. The Labute approximate surface area is 118 Å². The van der Waals surface area contributed by atoms with Crippen LogP contribution in [0.3, 0.4) is 0 Å². The van der Waals surface area contributed by atoms with E-state index in [1.807, 2.05) is 6.92 Å². The van der Waals surface area contributed by atoms with Crippen LogP contribution in [0, 0.1) is 5.92 Å². The van der Waals surface area contributed by atoms with E-state index in [0.29, 0.717) is 25.0 Å². The lowest BCUT2D eigenvalue weighted by atomic mass is 10.1. The highest BCUT2D eigenvalue weighted by Crippen LogP contribution is 2.26. The van der Waals surface area contributed by atoms with Crippen LogP contribution in [0.1, 0.15) is 40.5 Å². The molecule has 1 N–H and O–H groups in total. The van der Waals surface area contributed by atoms with Crippen LogP contribution in [-0.4, -0.2) is 55.8 Å². The molecule has 0 amide bonds. The molecule has 0 radical (unpaired) electrons. The van der Waals surface area contributed by atoms with Gasteiger partial charge in [0.2, 0.25) is 0 Å². The molecule has 1 fully saturated rings. The third kappa shape index (κ3) is 4.70. The zero-order valence-electron chi connectivity index (χ0n) is 12.9. The Kier molecular flexibility index (Phi) is 6.23. The minimum absolute atomic E-state index is 0.122. The highest BCUT2D eigenvalue weighted by Gasteiger charge is 2.37. The largest absolute Gasteiger partial charge is 0.314 e. The predicted octanol–water partition coefficient (Wildman–Crippen LogP) is 1.28. The Balaban J connectivity index is 2.48. The van der Waals surface area contributed by atoms with E-state index < -0.39 is 10.2 Å². The lowest BCUT2D eigenvalue weighted by Crippen LogP contribution is -2.44. The number of nitrogens with one attached hydrogen (secondary N) is 1. The summed E-state index contributed by atoms with van der Waals surface area (Å²) in [6.45, 7) is 10.4. The summed E-state index contributed by atoms with van der Waals surface area (Å²) >= 11 is 0. The van der Waals surface area contributed by atoms with Crippen molar-refractivity contribution >= 4 is 10.2 Å². The molecule has 2 unspecified atom stereocenters. The molecule has 1 rings (SSSR count). The molecule has 0 spiro atoms. The van der Waals surface area contributed by atoms with Gasteiger partial charge in [0, 0.05) is 32.2 Å². The van der Waals surface area contributed by atoms with Gasteiger partial charge in [-0.05, 0) is 32.2 Å². The first-order valence-corrected chi connectivity index (χ1v) is 8.61. The quantitative estimate of drug-likeness (QED) is 0.719. The van der Waals surface area contributed by atoms with E-state index in [9.17, 15) is 8.42 Å². The van der Waals surface area contributed by atoms with Crippen LogP contribution in [0.2, 0.25) is 0 Å². The van der Waals surface area contributed by atoms with Gasteiger partial charge >= 0.3 is 0 Å². The van der Waals surface area contributed by atoms with Crippen molar-refractivity contribution in [3.8, 4) is 0 Å². The third-order valence-corrected chi connectivity index (χ3v) is 5.69. The molecule has 0 aromatic rings. The van der Waals surface area contributed by atoms with Crippen molar-refractivity contribution in [3.05, 3.63) is 0 Å². The number of hydrogen-bond acceptors (Lipinski definition) is 3. The monoisotopic (exact) mass is 291 g/mol. The number of nitrogens with zero attached hydrogens (tertiary/aromatic N) is 2. The van der Waals surface area contributed by atoms with Gasteiger partial charge < -0.3 is 5.32 Å². The lowest BCUT2D eigenvalue weighted by Gasteiger charge is -2.27. The fourth-order valence-corrected chi connectivity index (χ4v) is 4.27. The molecule has 1 heterocycles. The van der Waals surface area contributed by atoms with Crippen LogP contribution in [-0.2, 0) is 10.2 Å². The minimum atomic E-state index is -3.28. The van der Waals surface area contributed by atoms with E-state index >= 15 is 0 Å². The maximum absolute atomic E-state index is 12.4. The molecular weight excluding hydrogens is 262 g/mol. The number of rotatable bonds is 7. The van der Waals surface area contributed by atoms with Gasteiger partial charge in [-0.1, -0.05) is 20.8 Å². The first-order chi connectivity index (χ1) is 8.75. The smallest absolute Gasteiger partial charge is 0.281 e. The van der Waals surface area contributed by atoms with Crippen molar-refractivity contribution in [2.75, 3.05) is 26.7 Å². The molecule has 2 atom stereocenters. The van der Waals surface area contributed by atoms with E-state index in [0.717, 1.165) is 19.4 Å². The second-order valence-corrected chi connectivity index (χ2v) is 8.04. The highest BCUT2D eigenvalue weighted by molar-refractivity contribution is 7.86. The van der Waals surface area contributed by atoms with E-state index in [1.54, 1.807) is 11.4 Å². The molecule has 0 aliphatic carbocycles. The summed E-state index contributed by atoms with van der Waals surface area (Å²) in [5.41, 5.74) is 0. The zero-order chi connectivity index (χ0) is 14.6. The van der Waals surface area contributed by atoms with Crippen LogP contribution < -0.4 is 5.32 Å². The lowest BCUT2D eigenvalue weighted by molar-refractivity contribution is 0.350. The van der Waals surface area contributed by atoms with Crippen molar-refractivity contribution in [2.45, 2.75) is 52.6 Å². The van der Waals surface area contributed by atoms with Crippen LogP contribution in [0.25, 0.3) is 0 Å². The second-order valence-electron chi connectivity index (χ2n) is 6.05. The van der Waals surface area contributed by atoms with Crippen LogP contribution in [0.4, 0.5) is 0 Å². The summed E-state index contributed by atoms with van der Waals surface area (Å²) in [5.74, 6) is 0.459. The Morgan fingerprint density at radius 1 is 1.37 bits per heavy atom. The minimum Gasteiger partial charge on any atom is -0.314 e. The molecule has 5 nitrogen and oxygen atoms in total. The first-order valence-electron chi connectivity index (χ1n) is 7.21. The summed E-state index contributed by atoms with van der Waals surface area (Å²) in [5, 5.41) is 3.30. The topological polar surface area (TPSA) is 52.7 Å². The Hall–Kier alpha value is -0.170. The van der Waals surface area contributed by atoms with Crippen molar-refractivity contribution in [3.63, 3.8) is 0 Å². The van der Waals surface area contributed by atoms with E-state index in [-0.39, 0.29) is 6.04 Å². The molecule has 0 aromatic heterocycles. The SMILES string of the molecule is CC1CC(C)N(S(=O)(=O)N(C)CCCNC(C)C)C1. The van der Waals surface area contributed by atoms with Gasteiger partial charge in [0.15, 0.2) is 0 Å². The maximum Gasteiger partial charge on any atom is 0.281 e. The normalized spacial score (nSPS) is 25.6. The van der Waals surface area contributed by atoms with Gasteiger partial charge in [-0.15, -0.1) is 0 Å². The molecular formula is C13H29N3O2S. The van der Waals surface area contributed by atoms with Crippen LogP contribution >= 0.6 is 0 Å². The molecule has 0 bridgehead atoms. The molecule has 1 aliphatic rings. The van der Waals surface area contributed by atoms with Gasteiger partial charge in [-0.25, -0.2) is 0 Å². The zero-order valence-corrected chi connectivity index (χ0v) is 13.7. The molecule has 114 valence electrons. The second kappa shape index (κ2) is 7.02. The third-order valence-electron chi connectivity index (χ3n) is 3.62. The Morgan fingerprint density at radius 2 is 2.00 bits per heavy atom. The summed E-state index contributed by atoms with van der Waals surface area (Å²) in [6.07, 6.45) is 1.80. The van der Waals surface area contributed by atoms with Crippen molar-refractivity contribution in [1.29, 1.82) is 0 Å². The molecule has 6 heteroatoms. The van der Waals surface area contributed by atoms with Gasteiger partial charge in [-0.2, -0.15) is 17.0 Å². The maximum atomic E-state index is 12.4. The average Bonchev–Trinajstić information content (AvgIpc) is 2.64. The first kappa shape index (κ1) is 16.9.